The molecule has 132 valence electrons. The first-order valence-corrected chi connectivity index (χ1v) is 8.12. The summed E-state index contributed by atoms with van der Waals surface area (Å²) >= 11 is 6.02. The second kappa shape index (κ2) is 6.07. The van der Waals surface area contributed by atoms with Crippen molar-refractivity contribution in [3.8, 4) is 0 Å². The van der Waals surface area contributed by atoms with Gasteiger partial charge in [0.1, 0.15) is 10.5 Å². The fourth-order valence-corrected chi connectivity index (χ4v) is 3.41. The minimum atomic E-state index is -2.86. The number of anilines is 1. The molecule has 1 saturated carbocycles. The van der Waals surface area contributed by atoms with Gasteiger partial charge in [0.2, 0.25) is 5.95 Å². The van der Waals surface area contributed by atoms with Crippen molar-refractivity contribution in [3.05, 3.63) is 22.7 Å². The van der Waals surface area contributed by atoms with Crippen molar-refractivity contribution in [2.24, 2.45) is 0 Å². The predicted octanol–water partition coefficient (Wildman–Crippen LogP) is 3.61. The molecule has 2 N–H and O–H groups in total. The number of hydrogen-bond acceptors (Lipinski definition) is 4. The largest absolute Gasteiger partial charge is 0.391 e. The Bertz CT molecular complexity index is 765. The Hall–Kier alpha value is -1.54. The summed E-state index contributed by atoms with van der Waals surface area (Å²) in [5, 5.41) is 17.0. The molecule has 0 saturated heterocycles. The third kappa shape index (κ3) is 3.04. The van der Waals surface area contributed by atoms with E-state index in [2.05, 4.69) is 15.4 Å². The molecule has 0 aliphatic heterocycles. The lowest BCUT2D eigenvalue weighted by molar-refractivity contribution is -0.0800. The van der Waals surface area contributed by atoms with Gasteiger partial charge in [-0.2, -0.15) is 0 Å². The second-order valence-corrected chi connectivity index (χ2v) is 6.84. The number of alkyl halides is 2. The average Bonchev–Trinajstić information content (AvgIpc) is 2.73. The van der Waals surface area contributed by atoms with Crippen LogP contribution in [0, 0.1) is 5.82 Å². The fraction of sp³-hybridized carbons (Fsp3) is 0.600. The first kappa shape index (κ1) is 17.3. The Kier molecular flexibility index (Phi) is 4.37. The van der Waals surface area contributed by atoms with Gasteiger partial charge < -0.3 is 10.4 Å². The molecule has 2 aromatic rings. The highest BCUT2D eigenvalue weighted by molar-refractivity contribution is 6.32. The maximum Gasteiger partial charge on any atom is 0.250 e. The summed E-state index contributed by atoms with van der Waals surface area (Å²) in [5.74, 6) is -3.39. The lowest BCUT2D eigenvalue weighted by Crippen LogP contribution is -2.44. The van der Waals surface area contributed by atoms with Crippen LogP contribution >= 0.6 is 11.6 Å². The summed E-state index contributed by atoms with van der Waals surface area (Å²) in [7, 11) is 0. The fourth-order valence-electron chi connectivity index (χ4n) is 3.01. The lowest BCUT2D eigenvalue weighted by Gasteiger charge is -2.33. The van der Waals surface area contributed by atoms with E-state index < -0.39 is 30.3 Å². The van der Waals surface area contributed by atoms with E-state index in [4.69, 9.17) is 11.6 Å². The topological polar surface area (TPSA) is 62.5 Å². The summed E-state index contributed by atoms with van der Waals surface area (Å²) in [4.78, 5) is 4.01. The third-order valence-corrected chi connectivity index (χ3v) is 4.62. The number of aliphatic hydroxyl groups excluding tert-OH is 1. The monoisotopic (exact) mass is 362 g/mol. The number of aromatic nitrogens is 3. The molecule has 0 bridgehead atoms. The number of rotatable bonds is 3. The van der Waals surface area contributed by atoms with Crippen LogP contribution in [0.5, 0.6) is 0 Å². The van der Waals surface area contributed by atoms with E-state index in [1.54, 1.807) is 0 Å². The summed E-state index contributed by atoms with van der Waals surface area (Å²) in [6.45, 7) is 3.71. The van der Waals surface area contributed by atoms with Crippen molar-refractivity contribution >= 4 is 23.1 Å². The molecular weight excluding hydrogens is 345 g/mol. The maximum atomic E-state index is 14.1. The Balaban J connectivity index is 1.90. The molecule has 0 amide bonds. The molecule has 24 heavy (non-hydrogen) atoms. The van der Waals surface area contributed by atoms with Crippen LogP contribution in [0.15, 0.2) is 6.20 Å². The predicted molar refractivity (Wildman–Crippen MR) is 84.3 cm³/mol. The number of nitrogens with one attached hydrogen (secondary N) is 1. The standard InChI is InChI=1S/C15H18ClF3N4O/c1-7(2)13-11(16)12(17)9-6-20-14(22-23(9)13)21-8-3-4-15(18,19)5-10(8)24/h6-8,10,24H,3-5H2,1-2H3,(H,21,22). The first-order chi connectivity index (χ1) is 11.2. The summed E-state index contributed by atoms with van der Waals surface area (Å²) in [5.41, 5.74) is 0.648. The van der Waals surface area contributed by atoms with Gasteiger partial charge in [-0.25, -0.2) is 22.7 Å². The Morgan fingerprint density at radius 2 is 2.17 bits per heavy atom. The summed E-state index contributed by atoms with van der Waals surface area (Å²) in [6, 6.07) is -0.583. The van der Waals surface area contributed by atoms with E-state index in [1.807, 2.05) is 13.8 Å². The van der Waals surface area contributed by atoms with Crippen molar-refractivity contribution in [1.29, 1.82) is 0 Å². The van der Waals surface area contributed by atoms with Gasteiger partial charge in [-0.15, -0.1) is 5.10 Å². The minimum absolute atomic E-state index is 0.00575. The van der Waals surface area contributed by atoms with Crippen LogP contribution in [0.1, 0.15) is 44.7 Å². The SMILES string of the molecule is CC(C)c1c(Cl)c(F)c2cnc(NC3CCC(F)(F)CC3O)nn12. The molecule has 2 atom stereocenters. The van der Waals surface area contributed by atoms with Crippen molar-refractivity contribution in [1.82, 2.24) is 14.6 Å². The van der Waals surface area contributed by atoms with E-state index in [0.717, 1.165) is 0 Å². The molecule has 1 aliphatic rings. The van der Waals surface area contributed by atoms with Gasteiger partial charge in [0.25, 0.3) is 5.92 Å². The van der Waals surface area contributed by atoms with Crippen LogP contribution in [-0.2, 0) is 0 Å². The summed E-state index contributed by atoms with van der Waals surface area (Å²) in [6.07, 6.45) is -0.749. The Morgan fingerprint density at radius 1 is 1.46 bits per heavy atom. The molecule has 2 aromatic heterocycles. The molecule has 9 heteroatoms. The van der Waals surface area contributed by atoms with E-state index in [0.29, 0.717) is 5.69 Å². The van der Waals surface area contributed by atoms with Crippen LogP contribution in [0.25, 0.3) is 5.52 Å². The molecule has 0 aromatic carbocycles. The van der Waals surface area contributed by atoms with Gasteiger partial charge in [-0.1, -0.05) is 25.4 Å². The lowest BCUT2D eigenvalue weighted by atomic mass is 9.90. The molecule has 2 heterocycles. The van der Waals surface area contributed by atoms with Crippen molar-refractivity contribution in [2.75, 3.05) is 5.32 Å². The number of nitrogens with zero attached hydrogens (tertiary/aromatic N) is 3. The second-order valence-electron chi connectivity index (χ2n) is 6.46. The number of halogens is 4. The van der Waals surface area contributed by atoms with E-state index in [-0.39, 0.29) is 35.2 Å². The van der Waals surface area contributed by atoms with Crippen LogP contribution < -0.4 is 5.32 Å². The Morgan fingerprint density at radius 3 is 2.79 bits per heavy atom. The normalized spacial score (nSPS) is 23.8. The highest BCUT2D eigenvalue weighted by Gasteiger charge is 2.41. The average molecular weight is 363 g/mol. The van der Waals surface area contributed by atoms with Gasteiger partial charge in [0.15, 0.2) is 5.82 Å². The van der Waals surface area contributed by atoms with Gasteiger partial charge in [-0.05, 0) is 12.3 Å². The molecule has 1 fully saturated rings. The van der Waals surface area contributed by atoms with Crippen LogP contribution in [0.3, 0.4) is 0 Å². The number of hydrogen-bond donors (Lipinski definition) is 2. The molecule has 1 aliphatic carbocycles. The van der Waals surface area contributed by atoms with Crippen molar-refractivity contribution in [3.63, 3.8) is 0 Å². The quantitative estimate of drug-likeness (QED) is 0.875. The van der Waals surface area contributed by atoms with E-state index in [9.17, 15) is 18.3 Å². The van der Waals surface area contributed by atoms with E-state index in [1.165, 1.54) is 10.7 Å². The first-order valence-electron chi connectivity index (χ1n) is 7.74. The third-order valence-electron chi connectivity index (χ3n) is 4.26. The highest BCUT2D eigenvalue weighted by Crippen LogP contribution is 2.35. The molecule has 0 radical (unpaired) electrons. The van der Waals surface area contributed by atoms with Crippen LogP contribution in [-0.4, -0.2) is 37.8 Å². The van der Waals surface area contributed by atoms with Crippen LogP contribution in [0.2, 0.25) is 5.02 Å². The zero-order chi connectivity index (χ0) is 17.6. The van der Waals surface area contributed by atoms with Crippen molar-refractivity contribution < 1.29 is 18.3 Å². The zero-order valence-electron chi connectivity index (χ0n) is 13.2. The molecule has 3 rings (SSSR count). The van der Waals surface area contributed by atoms with Gasteiger partial charge >= 0.3 is 0 Å². The number of fused-ring (bicyclic) bond motifs is 1. The smallest absolute Gasteiger partial charge is 0.250 e. The maximum absolute atomic E-state index is 14.1. The van der Waals surface area contributed by atoms with Gasteiger partial charge in [-0.3, -0.25) is 0 Å². The minimum Gasteiger partial charge on any atom is -0.391 e. The molecule has 5 nitrogen and oxygen atoms in total. The van der Waals surface area contributed by atoms with Crippen LogP contribution in [0.4, 0.5) is 19.1 Å². The molecule has 0 spiro atoms. The highest BCUT2D eigenvalue weighted by atomic mass is 35.5. The van der Waals surface area contributed by atoms with Gasteiger partial charge in [0, 0.05) is 12.8 Å². The van der Waals surface area contributed by atoms with Gasteiger partial charge in [0.05, 0.1) is 24.0 Å². The number of aliphatic hydroxyl groups is 1. The van der Waals surface area contributed by atoms with Crippen molar-refractivity contribution in [2.45, 2.75) is 57.1 Å². The van der Waals surface area contributed by atoms with E-state index >= 15 is 0 Å². The summed E-state index contributed by atoms with van der Waals surface area (Å²) < 4.78 is 42.1. The zero-order valence-corrected chi connectivity index (χ0v) is 14.0. The molecule has 2 unspecified atom stereocenters. The molecular formula is C15H18ClF3N4O. The Labute approximate surface area is 141 Å².